The van der Waals surface area contributed by atoms with Crippen LogP contribution in [-0.2, 0) is 63.4 Å². The van der Waals surface area contributed by atoms with Crippen molar-refractivity contribution in [1.82, 2.24) is 54.1 Å². The Balaban J connectivity index is 1.25. The molecule has 7 aromatic rings. The van der Waals surface area contributed by atoms with E-state index in [9.17, 15) is 29.7 Å². The Labute approximate surface area is 611 Å². The third-order valence-corrected chi connectivity index (χ3v) is 32.9. The first-order valence-corrected chi connectivity index (χ1v) is 44.5. The van der Waals surface area contributed by atoms with Gasteiger partial charge in [-0.3, -0.25) is 54.2 Å². The molecule has 2 fully saturated rings. The summed E-state index contributed by atoms with van der Waals surface area (Å²) in [5.74, 6) is -1.85. The number of ether oxygens (including phenoxy) is 2. The lowest BCUT2D eigenvalue weighted by Crippen LogP contribution is -2.59. The summed E-state index contributed by atoms with van der Waals surface area (Å²) in [6, 6.07) is 32.6. The lowest BCUT2D eigenvalue weighted by Gasteiger charge is -2.44. The molecule has 6 heterocycles. The molecule has 10 atom stereocenters. The van der Waals surface area contributed by atoms with Crippen LogP contribution < -0.4 is 32.2 Å². The van der Waals surface area contributed by atoms with Crippen molar-refractivity contribution in [3.8, 4) is 12.1 Å². The number of fused-ring (bicyclic) bond motifs is 2. The minimum absolute atomic E-state index is 0.0173. The van der Waals surface area contributed by atoms with Crippen LogP contribution in [0.2, 0.25) is 36.3 Å². The van der Waals surface area contributed by atoms with E-state index in [1.807, 2.05) is 82.3 Å². The number of anilines is 2. The quantitative estimate of drug-likeness (QED) is 0.00987. The van der Waals surface area contributed by atoms with E-state index in [0.29, 0.717) is 0 Å². The Morgan fingerprint density at radius 1 is 0.631 bits per heavy atom. The summed E-state index contributed by atoms with van der Waals surface area (Å²) < 4.78 is 63.4. The summed E-state index contributed by atoms with van der Waals surface area (Å²) in [5, 5.41) is 32.6. The first-order valence-electron chi connectivity index (χ1n) is 35.0. The molecule has 4 aromatic heterocycles. The van der Waals surface area contributed by atoms with Gasteiger partial charge in [-0.05, 0) is 92.5 Å². The van der Waals surface area contributed by atoms with E-state index in [1.54, 1.807) is 36.8 Å². The molecule has 0 saturated carbocycles. The number of nitriles is 2. The largest absolute Gasteiger partial charge is 0.408 e. The van der Waals surface area contributed by atoms with Crippen LogP contribution in [-0.4, -0.2) is 147 Å². The maximum atomic E-state index is 14.1. The first kappa shape index (κ1) is 80.5. The molecule has 2 unspecified atom stereocenters. The molecule has 2 saturated heterocycles. The highest BCUT2D eigenvalue weighted by atomic mass is 32.5. The highest BCUT2D eigenvalue weighted by molar-refractivity contribution is 8.09. The van der Waals surface area contributed by atoms with Crippen molar-refractivity contribution in [1.29, 1.82) is 10.5 Å². The zero-order valence-electron chi connectivity index (χ0n) is 62.2. The number of hydrogen-bond donors (Lipinski definition) is 6. The van der Waals surface area contributed by atoms with Crippen molar-refractivity contribution in [2.45, 2.75) is 213 Å². The number of H-pyrrole nitrogens is 2. The number of aromatic nitrogens is 8. The molecule has 556 valence electrons. The standard InChI is InChI=1S/C71H101N15O12P2SSi2/c1-44(2)61(87)78-67-76-59-55(63(89)80-67)74-42-84(59)65-57(97-102(15,16)69(9,10)11)53(82-71(48-30-22-19-23-31-48,49-32-24-20-25-33-49)50-34-26-21-27-35-50)52(96-65)41-94-100(101,93-39-29-37-73)83-54-51(40-92-99(91-38-28-36-72)86(46(5)6)47(7)8)95-66(58(54)98-103(17,18)70(12,13)14)85-43-75-56-60(85)77-68(81-64(56)90)79-62(88)45(3)4/h19-27,30-35,42-47,51-54,57-58,65-66,82H,28-29,38-41H2,1-18H3,(H,83,101)(H2,76,78,80,87,89)(H2,77,79,81,88,90)/t51-,52-,53-,54-,57-,58-,65-,66-,99?,100?/m1/s1. The normalized spacial score (nSPS) is 20.9. The number of rotatable bonds is 32. The van der Waals surface area contributed by atoms with Crippen LogP contribution in [0.15, 0.2) is 113 Å². The monoisotopic (exact) mass is 1510 g/mol. The van der Waals surface area contributed by atoms with Gasteiger partial charge in [0, 0.05) is 23.9 Å². The van der Waals surface area contributed by atoms with Crippen LogP contribution in [0.25, 0.3) is 22.3 Å². The summed E-state index contributed by atoms with van der Waals surface area (Å²) in [6.45, 7) is 31.6. The number of carbonyl (C=O) groups is 2. The van der Waals surface area contributed by atoms with Gasteiger partial charge in [-0.2, -0.15) is 20.5 Å². The van der Waals surface area contributed by atoms with E-state index in [-0.39, 0.29) is 102 Å². The Morgan fingerprint density at radius 3 is 1.44 bits per heavy atom. The van der Waals surface area contributed by atoms with Crippen LogP contribution in [0.4, 0.5) is 11.9 Å². The minimum Gasteiger partial charge on any atom is -0.408 e. The average molecular weight is 1510 g/mol. The van der Waals surface area contributed by atoms with Gasteiger partial charge < -0.3 is 36.4 Å². The van der Waals surface area contributed by atoms with Gasteiger partial charge in [0.15, 0.2) is 51.4 Å². The molecule has 2 aliphatic rings. The molecule has 6 N–H and O–H groups in total. The summed E-state index contributed by atoms with van der Waals surface area (Å²) in [6.07, 6.45) is -3.41. The summed E-state index contributed by atoms with van der Waals surface area (Å²) >= 11 is 6.86. The summed E-state index contributed by atoms with van der Waals surface area (Å²) in [7, 11) is -7.76. The summed E-state index contributed by atoms with van der Waals surface area (Å²) in [5.41, 5.74) is 0.372. The Bertz CT molecular complexity index is 4210. The van der Waals surface area contributed by atoms with Crippen LogP contribution in [0.5, 0.6) is 0 Å². The molecule has 27 nitrogen and oxygen atoms in total. The van der Waals surface area contributed by atoms with Gasteiger partial charge in [-0.1, -0.05) is 160 Å². The fraction of sp³-hybridized carbons (Fsp3) is 0.549. The number of amides is 2. The molecule has 32 heteroatoms. The predicted molar refractivity (Wildman–Crippen MR) is 406 cm³/mol. The molecule has 0 bridgehead atoms. The van der Waals surface area contributed by atoms with E-state index in [2.05, 4.69) is 162 Å². The van der Waals surface area contributed by atoms with Gasteiger partial charge in [-0.25, -0.2) is 19.7 Å². The topological polar surface area (TPSA) is 334 Å². The molecular formula is C71H101N15O12P2SSi2. The van der Waals surface area contributed by atoms with Crippen LogP contribution >= 0.6 is 15.2 Å². The third kappa shape index (κ3) is 18.3. The van der Waals surface area contributed by atoms with E-state index < -0.39 is 114 Å². The minimum atomic E-state index is -4.08. The Kier molecular flexibility index (Phi) is 26.1. The smallest absolute Gasteiger partial charge is 0.280 e. The van der Waals surface area contributed by atoms with Gasteiger partial charge in [0.25, 0.3) is 26.3 Å². The molecule has 103 heavy (non-hydrogen) atoms. The zero-order valence-corrected chi connectivity index (χ0v) is 66.8. The number of benzene rings is 3. The molecule has 2 amide bonds. The molecule has 2 aliphatic heterocycles. The van der Waals surface area contributed by atoms with E-state index in [0.717, 1.165) is 16.7 Å². The second kappa shape index (κ2) is 33.4. The third-order valence-electron chi connectivity index (χ3n) is 19.3. The average Bonchev–Trinajstić information content (AvgIpc) is 1.70. The second-order valence-corrected chi connectivity index (χ2v) is 44.3. The second-order valence-electron chi connectivity index (χ2n) is 30.1. The molecule has 9 rings (SSSR count). The van der Waals surface area contributed by atoms with Crippen LogP contribution in [0.1, 0.15) is 139 Å². The van der Waals surface area contributed by atoms with Crippen molar-refractivity contribution in [2.24, 2.45) is 11.8 Å². The number of hydrogen-bond acceptors (Lipinski definition) is 21. The SMILES string of the molecule is CC(C)C(=O)Nc1nc2c(ncn2[C@@H]2O[C@H](COP(=S)(N[C@H]3[C@@H](O[Si](C)(C)C(C)(C)C)[C@H](n4cnc5c(=O)[nH]c(NC(=O)C(C)C)nc54)O[C@@H]3COP(OCCC#N)N(C(C)C)C(C)C)OCCC#N)[C@@H](NC(c3ccccc3)(c3ccccc3)c3ccccc3)[C@H]2O[Si](C)(C)C(C)(C)C)c(=O)[nH]1. The van der Waals surface area contributed by atoms with Gasteiger partial charge in [0.1, 0.15) is 24.4 Å². The molecule has 0 radical (unpaired) electrons. The van der Waals surface area contributed by atoms with Gasteiger partial charge in [0.05, 0.1) is 81.7 Å². The maximum Gasteiger partial charge on any atom is 0.280 e. The molecule has 0 spiro atoms. The molecular weight excluding hydrogens is 1410 g/mol. The number of nitrogens with zero attached hydrogens (tertiary/aromatic N) is 9. The fourth-order valence-corrected chi connectivity index (χ4v) is 18.4. The Hall–Kier alpha value is -6.65. The summed E-state index contributed by atoms with van der Waals surface area (Å²) in [4.78, 5) is 78.9. The maximum absolute atomic E-state index is 14.1. The van der Waals surface area contributed by atoms with E-state index >= 15 is 0 Å². The molecule has 3 aromatic carbocycles. The number of aromatic amines is 2. The highest BCUT2D eigenvalue weighted by Gasteiger charge is 2.57. The van der Waals surface area contributed by atoms with Crippen LogP contribution in [0.3, 0.4) is 0 Å². The first-order chi connectivity index (χ1) is 48.5. The Morgan fingerprint density at radius 2 is 1.04 bits per heavy atom. The van der Waals surface area contributed by atoms with Crippen molar-refractivity contribution < 1.29 is 46.0 Å². The van der Waals surface area contributed by atoms with Crippen molar-refractivity contribution in [3.05, 3.63) is 141 Å². The number of imidazole rings is 2. The van der Waals surface area contributed by atoms with Crippen molar-refractivity contribution in [3.63, 3.8) is 0 Å². The van der Waals surface area contributed by atoms with Crippen LogP contribution in [0, 0.1) is 34.5 Å². The van der Waals surface area contributed by atoms with E-state index in [1.165, 1.54) is 12.7 Å². The van der Waals surface area contributed by atoms with Gasteiger partial charge in [-0.15, -0.1) is 0 Å². The van der Waals surface area contributed by atoms with Gasteiger partial charge >= 0.3 is 0 Å². The lowest BCUT2D eigenvalue weighted by atomic mass is 9.76. The van der Waals surface area contributed by atoms with Crippen molar-refractivity contribution >= 4 is 89.6 Å². The lowest BCUT2D eigenvalue weighted by molar-refractivity contribution is -0.119. The van der Waals surface area contributed by atoms with Crippen molar-refractivity contribution in [2.75, 3.05) is 37.1 Å². The molecule has 0 aliphatic carbocycles. The zero-order chi connectivity index (χ0) is 75.1. The number of nitrogens with one attached hydrogen (secondary N) is 6. The van der Waals surface area contributed by atoms with E-state index in [4.69, 9.17) is 58.2 Å². The van der Waals surface area contributed by atoms with Gasteiger partial charge in [0.2, 0.25) is 23.7 Å². The fourth-order valence-electron chi connectivity index (χ4n) is 11.9. The number of carbonyl (C=O) groups excluding carboxylic acids is 2. The highest BCUT2D eigenvalue weighted by Crippen LogP contribution is 2.53. The predicted octanol–water partition coefficient (Wildman–Crippen LogP) is 12.4.